The van der Waals surface area contributed by atoms with E-state index in [1.165, 1.54) is 12.1 Å². The Morgan fingerprint density at radius 2 is 1.95 bits per heavy atom. The normalized spacial score (nSPS) is 12.3. The third-order valence-corrected chi connectivity index (χ3v) is 3.41. The van der Waals surface area contributed by atoms with Gasteiger partial charge in [-0.1, -0.05) is 23.7 Å². The molecule has 2 nitrogen and oxygen atoms in total. The summed E-state index contributed by atoms with van der Waals surface area (Å²) < 4.78 is 18.3. The van der Waals surface area contributed by atoms with E-state index in [1.54, 1.807) is 25.3 Å². The lowest BCUT2D eigenvalue weighted by Gasteiger charge is -2.16. The fourth-order valence-corrected chi connectivity index (χ4v) is 2.23. The van der Waals surface area contributed by atoms with Crippen LogP contribution in [0.1, 0.15) is 22.7 Å². The van der Waals surface area contributed by atoms with Crippen molar-refractivity contribution in [2.75, 3.05) is 7.11 Å². The summed E-state index contributed by atoms with van der Waals surface area (Å²) in [7, 11) is 1.56. The van der Waals surface area contributed by atoms with Crippen LogP contribution in [0.5, 0.6) is 5.75 Å². The standard InChI is InChI=1S/C15H15ClFNO/c1-9-7-11(17)4-5-12(9)15(18)10-3-6-13(16)14(8-10)19-2/h3-8,15H,18H2,1-2H3. The molecule has 2 aromatic carbocycles. The number of halogens is 2. The molecule has 2 aromatic rings. The third-order valence-electron chi connectivity index (χ3n) is 3.10. The minimum Gasteiger partial charge on any atom is -0.495 e. The molecule has 1 atom stereocenters. The van der Waals surface area contributed by atoms with Crippen molar-refractivity contribution in [1.29, 1.82) is 0 Å². The summed E-state index contributed by atoms with van der Waals surface area (Å²) in [6.45, 7) is 1.84. The Morgan fingerprint density at radius 3 is 2.58 bits per heavy atom. The van der Waals surface area contributed by atoms with Gasteiger partial charge < -0.3 is 10.5 Å². The van der Waals surface area contributed by atoms with Crippen LogP contribution in [-0.4, -0.2) is 7.11 Å². The van der Waals surface area contributed by atoms with E-state index in [-0.39, 0.29) is 11.9 Å². The monoisotopic (exact) mass is 279 g/mol. The van der Waals surface area contributed by atoms with E-state index in [4.69, 9.17) is 22.1 Å². The predicted octanol–water partition coefficient (Wildman–Crippen LogP) is 3.84. The van der Waals surface area contributed by atoms with Crippen LogP contribution in [-0.2, 0) is 0 Å². The fourth-order valence-electron chi connectivity index (χ4n) is 2.04. The molecule has 0 aromatic heterocycles. The lowest BCUT2D eigenvalue weighted by molar-refractivity contribution is 0.414. The second-order valence-corrected chi connectivity index (χ2v) is 4.78. The van der Waals surface area contributed by atoms with Gasteiger partial charge in [-0.2, -0.15) is 0 Å². The first-order valence-electron chi connectivity index (χ1n) is 5.88. The van der Waals surface area contributed by atoms with Crippen molar-refractivity contribution in [2.45, 2.75) is 13.0 Å². The van der Waals surface area contributed by atoms with Crippen molar-refractivity contribution >= 4 is 11.6 Å². The Morgan fingerprint density at radius 1 is 1.21 bits per heavy atom. The molecule has 4 heteroatoms. The van der Waals surface area contributed by atoms with Crippen molar-refractivity contribution in [3.8, 4) is 5.75 Å². The summed E-state index contributed by atoms with van der Waals surface area (Å²) in [5, 5.41) is 0.536. The zero-order valence-electron chi connectivity index (χ0n) is 10.8. The molecule has 0 aliphatic heterocycles. The molecule has 19 heavy (non-hydrogen) atoms. The summed E-state index contributed by atoms with van der Waals surface area (Å²) >= 11 is 5.98. The van der Waals surface area contributed by atoms with Gasteiger partial charge in [0.1, 0.15) is 11.6 Å². The van der Waals surface area contributed by atoms with Crippen molar-refractivity contribution in [3.05, 3.63) is 63.9 Å². The Labute approximate surface area is 117 Å². The zero-order valence-corrected chi connectivity index (χ0v) is 11.5. The van der Waals surface area contributed by atoms with E-state index in [2.05, 4.69) is 0 Å². The topological polar surface area (TPSA) is 35.2 Å². The van der Waals surface area contributed by atoms with Crippen LogP contribution >= 0.6 is 11.6 Å². The molecule has 2 N–H and O–H groups in total. The average Bonchev–Trinajstić information content (AvgIpc) is 2.38. The SMILES string of the molecule is COc1cc(C(N)c2ccc(F)cc2C)ccc1Cl. The van der Waals surface area contributed by atoms with E-state index in [0.29, 0.717) is 10.8 Å². The van der Waals surface area contributed by atoms with Crippen LogP contribution in [0.2, 0.25) is 5.02 Å². The minimum atomic E-state index is -0.341. The molecular weight excluding hydrogens is 265 g/mol. The zero-order chi connectivity index (χ0) is 14.0. The van der Waals surface area contributed by atoms with Crippen LogP contribution in [0, 0.1) is 12.7 Å². The van der Waals surface area contributed by atoms with Crippen molar-refractivity contribution in [1.82, 2.24) is 0 Å². The second-order valence-electron chi connectivity index (χ2n) is 4.37. The van der Waals surface area contributed by atoms with E-state index < -0.39 is 0 Å². The van der Waals surface area contributed by atoms with Crippen LogP contribution in [0.4, 0.5) is 4.39 Å². The lowest BCUT2D eigenvalue weighted by atomic mass is 9.95. The van der Waals surface area contributed by atoms with Gasteiger partial charge in [-0.25, -0.2) is 4.39 Å². The number of aryl methyl sites for hydroxylation is 1. The van der Waals surface area contributed by atoms with Gasteiger partial charge >= 0.3 is 0 Å². The average molecular weight is 280 g/mol. The molecule has 0 radical (unpaired) electrons. The maximum Gasteiger partial charge on any atom is 0.137 e. The second kappa shape index (κ2) is 5.59. The molecule has 0 amide bonds. The van der Waals surface area contributed by atoms with E-state index in [9.17, 15) is 4.39 Å². The van der Waals surface area contributed by atoms with Crippen molar-refractivity contribution in [2.24, 2.45) is 5.73 Å². The number of hydrogen-bond acceptors (Lipinski definition) is 2. The number of methoxy groups -OCH3 is 1. The predicted molar refractivity (Wildman–Crippen MR) is 75.2 cm³/mol. The first-order valence-corrected chi connectivity index (χ1v) is 6.26. The molecule has 2 rings (SSSR count). The largest absolute Gasteiger partial charge is 0.495 e. The molecular formula is C15H15ClFNO. The molecule has 100 valence electrons. The Kier molecular flexibility index (Phi) is 4.08. The van der Waals surface area contributed by atoms with Crippen LogP contribution in [0.15, 0.2) is 36.4 Å². The minimum absolute atomic E-state index is 0.262. The van der Waals surface area contributed by atoms with Gasteiger partial charge in [0.25, 0.3) is 0 Å². The highest BCUT2D eigenvalue weighted by molar-refractivity contribution is 6.32. The number of nitrogens with two attached hydrogens (primary N) is 1. The number of ether oxygens (including phenoxy) is 1. The molecule has 0 saturated carbocycles. The Balaban J connectivity index is 2.40. The smallest absolute Gasteiger partial charge is 0.137 e. The maximum atomic E-state index is 13.1. The molecule has 0 saturated heterocycles. The van der Waals surface area contributed by atoms with Gasteiger partial charge in [0.2, 0.25) is 0 Å². The molecule has 0 heterocycles. The molecule has 0 aliphatic rings. The summed E-state index contributed by atoms with van der Waals surface area (Å²) in [5.41, 5.74) is 8.79. The Bertz CT molecular complexity index is 601. The van der Waals surface area contributed by atoms with Gasteiger partial charge in [-0.05, 0) is 47.9 Å². The van der Waals surface area contributed by atoms with Crippen LogP contribution in [0.25, 0.3) is 0 Å². The molecule has 0 bridgehead atoms. The van der Waals surface area contributed by atoms with Gasteiger partial charge in [-0.15, -0.1) is 0 Å². The third kappa shape index (κ3) is 2.88. The van der Waals surface area contributed by atoms with Gasteiger partial charge in [0.15, 0.2) is 0 Å². The van der Waals surface area contributed by atoms with Gasteiger partial charge in [0, 0.05) is 0 Å². The summed E-state index contributed by atoms with van der Waals surface area (Å²) in [6.07, 6.45) is 0. The number of hydrogen-bond donors (Lipinski definition) is 1. The van der Waals surface area contributed by atoms with Crippen molar-refractivity contribution in [3.63, 3.8) is 0 Å². The maximum absolute atomic E-state index is 13.1. The molecule has 0 fully saturated rings. The fraction of sp³-hybridized carbons (Fsp3) is 0.200. The van der Waals surface area contributed by atoms with Crippen molar-refractivity contribution < 1.29 is 9.13 Å². The summed E-state index contributed by atoms with van der Waals surface area (Å²) in [5.74, 6) is 0.316. The van der Waals surface area contributed by atoms with Crippen LogP contribution < -0.4 is 10.5 Å². The molecule has 0 spiro atoms. The highest BCUT2D eigenvalue weighted by Gasteiger charge is 2.14. The highest BCUT2D eigenvalue weighted by Crippen LogP contribution is 2.30. The van der Waals surface area contributed by atoms with Gasteiger partial charge in [-0.3, -0.25) is 0 Å². The van der Waals surface area contributed by atoms with Gasteiger partial charge in [0.05, 0.1) is 18.2 Å². The van der Waals surface area contributed by atoms with E-state index in [0.717, 1.165) is 16.7 Å². The first-order chi connectivity index (χ1) is 9.02. The number of rotatable bonds is 3. The Hall–Kier alpha value is -1.58. The number of benzene rings is 2. The van der Waals surface area contributed by atoms with E-state index >= 15 is 0 Å². The quantitative estimate of drug-likeness (QED) is 0.926. The van der Waals surface area contributed by atoms with Crippen LogP contribution in [0.3, 0.4) is 0 Å². The first kappa shape index (κ1) is 13.8. The summed E-state index contributed by atoms with van der Waals surface area (Å²) in [4.78, 5) is 0. The summed E-state index contributed by atoms with van der Waals surface area (Å²) in [6, 6.07) is 9.64. The lowest BCUT2D eigenvalue weighted by Crippen LogP contribution is -2.13. The van der Waals surface area contributed by atoms with E-state index in [1.807, 2.05) is 13.0 Å². The molecule has 0 aliphatic carbocycles. The highest BCUT2D eigenvalue weighted by atomic mass is 35.5. The molecule has 1 unspecified atom stereocenters.